The topological polar surface area (TPSA) is 70.3 Å². The third-order valence-electron chi connectivity index (χ3n) is 4.46. The number of rotatable bonds is 2. The Morgan fingerprint density at radius 1 is 1.22 bits per heavy atom. The summed E-state index contributed by atoms with van der Waals surface area (Å²) in [4.78, 5) is 13.7. The molecule has 2 aromatic rings. The van der Waals surface area contributed by atoms with Crippen LogP contribution in [0, 0.1) is 0 Å². The second-order valence-electron chi connectivity index (χ2n) is 7.63. The van der Waals surface area contributed by atoms with Crippen LogP contribution in [0.25, 0.3) is 11.0 Å². The van der Waals surface area contributed by atoms with Crippen LogP contribution in [-0.2, 0) is 12.5 Å². The molecule has 2 aromatic heterocycles. The third kappa shape index (κ3) is 2.79. The molecule has 1 saturated heterocycles. The van der Waals surface area contributed by atoms with Crippen molar-refractivity contribution in [1.82, 2.24) is 24.6 Å². The summed E-state index contributed by atoms with van der Waals surface area (Å²) in [5, 5.41) is 15.6. The molecule has 7 heteroatoms. The predicted octanol–water partition coefficient (Wildman–Crippen LogP) is 0.772. The lowest BCUT2D eigenvalue weighted by molar-refractivity contribution is 0.114. The van der Waals surface area contributed by atoms with Gasteiger partial charge in [-0.3, -0.25) is 4.68 Å². The summed E-state index contributed by atoms with van der Waals surface area (Å²) in [7, 11) is 5.89. The van der Waals surface area contributed by atoms with Gasteiger partial charge in [-0.1, -0.05) is 20.8 Å². The van der Waals surface area contributed by atoms with Gasteiger partial charge in [-0.15, -0.1) is 0 Å². The smallest absolute Gasteiger partial charge is 0.163 e. The van der Waals surface area contributed by atoms with Crippen molar-refractivity contribution in [3.8, 4) is 0 Å². The highest BCUT2D eigenvalue weighted by Crippen LogP contribution is 2.30. The first kappa shape index (κ1) is 16.1. The standard InChI is InChI=1S/C16H26N6O/c1-16(2,3)15-18-13-10(7-17-21(13)6)14(19-15)22-8-11(20(4)5)12(23)9-22/h7,11-12,23H,8-9H2,1-6H3/t11-,12-/m0/s1. The van der Waals surface area contributed by atoms with E-state index in [1.165, 1.54) is 0 Å². The van der Waals surface area contributed by atoms with Crippen LogP contribution in [0.5, 0.6) is 0 Å². The normalized spacial score (nSPS) is 22.5. The van der Waals surface area contributed by atoms with Gasteiger partial charge < -0.3 is 14.9 Å². The van der Waals surface area contributed by atoms with Gasteiger partial charge in [0.25, 0.3) is 0 Å². The SMILES string of the molecule is CN(C)[C@H]1CN(c2nc(C(C)(C)C)nc3c2cnn3C)C[C@@H]1O. The Bertz CT molecular complexity index is 717. The molecular weight excluding hydrogens is 292 g/mol. The van der Waals surface area contributed by atoms with Crippen molar-refractivity contribution in [3.05, 3.63) is 12.0 Å². The molecule has 0 aromatic carbocycles. The molecule has 23 heavy (non-hydrogen) atoms. The number of fused-ring (bicyclic) bond motifs is 1. The first-order chi connectivity index (χ1) is 10.7. The van der Waals surface area contributed by atoms with Gasteiger partial charge in [-0.2, -0.15) is 5.10 Å². The van der Waals surface area contributed by atoms with Crippen molar-refractivity contribution >= 4 is 16.9 Å². The number of aliphatic hydroxyl groups is 1. The maximum atomic E-state index is 10.3. The largest absolute Gasteiger partial charge is 0.390 e. The lowest BCUT2D eigenvalue weighted by Gasteiger charge is -2.23. The minimum absolute atomic E-state index is 0.106. The van der Waals surface area contributed by atoms with Crippen molar-refractivity contribution in [1.29, 1.82) is 0 Å². The Hall–Kier alpha value is -1.73. The van der Waals surface area contributed by atoms with E-state index in [0.717, 1.165) is 29.2 Å². The molecule has 0 saturated carbocycles. The van der Waals surface area contributed by atoms with Crippen molar-refractivity contribution in [2.24, 2.45) is 7.05 Å². The number of nitrogens with zero attached hydrogens (tertiary/aromatic N) is 6. The van der Waals surface area contributed by atoms with Crippen LogP contribution < -0.4 is 4.90 Å². The lowest BCUT2D eigenvalue weighted by atomic mass is 9.95. The van der Waals surface area contributed by atoms with E-state index in [2.05, 4.69) is 35.7 Å². The summed E-state index contributed by atoms with van der Waals surface area (Å²) in [6, 6.07) is 0.106. The number of likely N-dealkylation sites (N-methyl/N-ethyl adjacent to an activating group) is 1. The summed E-state index contributed by atoms with van der Waals surface area (Å²) in [6.45, 7) is 7.65. The van der Waals surface area contributed by atoms with Crippen LogP contribution in [0.1, 0.15) is 26.6 Å². The van der Waals surface area contributed by atoms with Gasteiger partial charge in [0.05, 0.1) is 23.7 Å². The molecule has 0 unspecified atom stereocenters. The highest BCUT2D eigenvalue weighted by atomic mass is 16.3. The van der Waals surface area contributed by atoms with Crippen LogP contribution in [0.15, 0.2) is 6.20 Å². The molecule has 1 fully saturated rings. The molecule has 126 valence electrons. The second kappa shape index (κ2) is 5.42. The van der Waals surface area contributed by atoms with Crippen LogP contribution in [0.3, 0.4) is 0 Å². The fraction of sp³-hybridized carbons (Fsp3) is 0.688. The van der Waals surface area contributed by atoms with Gasteiger partial charge in [-0.25, -0.2) is 9.97 Å². The third-order valence-corrected chi connectivity index (χ3v) is 4.46. The lowest BCUT2D eigenvalue weighted by Crippen LogP contribution is -2.38. The number of anilines is 1. The zero-order valence-corrected chi connectivity index (χ0v) is 14.8. The molecular formula is C16H26N6O. The molecule has 1 aliphatic rings. The van der Waals surface area contributed by atoms with Gasteiger partial charge in [-0.05, 0) is 14.1 Å². The average molecular weight is 318 g/mol. The fourth-order valence-corrected chi connectivity index (χ4v) is 3.03. The highest BCUT2D eigenvalue weighted by molar-refractivity contribution is 5.87. The number of β-amino-alcohol motifs (C(OH)–C–C–N with tert-alkyl or cyclic N) is 1. The van der Waals surface area contributed by atoms with Crippen LogP contribution in [0.2, 0.25) is 0 Å². The number of aryl methyl sites for hydroxylation is 1. The quantitative estimate of drug-likeness (QED) is 0.882. The summed E-state index contributed by atoms with van der Waals surface area (Å²) in [5.41, 5.74) is 0.690. The van der Waals surface area contributed by atoms with E-state index >= 15 is 0 Å². The van der Waals surface area contributed by atoms with E-state index in [0.29, 0.717) is 6.54 Å². The predicted molar refractivity (Wildman–Crippen MR) is 90.7 cm³/mol. The molecule has 0 aliphatic carbocycles. The first-order valence-electron chi connectivity index (χ1n) is 7.98. The molecule has 0 amide bonds. The Balaban J connectivity index is 2.10. The Kier molecular flexibility index (Phi) is 3.80. The first-order valence-corrected chi connectivity index (χ1v) is 7.98. The van der Waals surface area contributed by atoms with Crippen molar-refractivity contribution in [3.63, 3.8) is 0 Å². The monoisotopic (exact) mass is 318 g/mol. The molecule has 0 spiro atoms. The van der Waals surface area contributed by atoms with Crippen LogP contribution in [0.4, 0.5) is 5.82 Å². The summed E-state index contributed by atoms with van der Waals surface area (Å²) in [6.07, 6.45) is 1.43. The zero-order chi connectivity index (χ0) is 16.9. The molecule has 1 aliphatic heterocycles. The minimum atomic E-state index is -0.384. The van der Waals surface area contributed by atoms with E-state index in [1.807, 2.05) is 27.3 Å². The maximum Gasteiger partial charge on any atom is 0.163 e. The second-order valence-corrected chi connectivity index (χ2v) is 7.63. The average Bonchev–Trinajstić information content (AvgIpc) is 3.01. The molecule has 7 nitrogen and oxygen atoms in total. The molecule has 3 rings (SSSR count). The van der Waals surface area contributed by atoms with E-state index in [-0.39, 0.29) is 17.6 Å². The van der Waals surface area contributed by atoms with E-state index < -0.39 is 0 Å². The van der Waals surface area contributed by atoms with Crippen molar-refractivity contribution in [2.45, 2.75) is 38.3 Å². The van der Waals surface area contributed by atoms with Gasteiger partial charge in [0.2, 0.25) is 0 Å². The van der Waals surface area contributed by atoms with Crippen molar-refractivity contribution in [2.75, 3.05) is 32.1 Å². The zero-order valence-electron chi connectivity index (χ0n) is 14.8. The molecule has 0 bridgehead atoms. The number of aliphatic hydroxyl groups excluding tert-OH is 1. The summed E-state index contributed by atoms with van der Waals surface area (Å²) in [5.74, 6) is 1.67. The molecule has 2 atom stereocenters. The van der Waals surface area contributed by atoms with Crippen molar-refractivity contribution < 1.29 is 5.11 Å². The Labute approximate surface area is 136 Å². The van der Waals surface area contributed by atoms with E-state index in [9.17, 15) is 5.11 Å². The van der Waals surface area contributed by atoms with Crippen LogP contribution >= 0.6 is 0 Å². The minimum Gasteiger partial charge on any atom is -0.390 e. The fourth-order valence-electron chi connectivity index (χ4n) is 3.03. The summed E-state index contributed by atoms with van der Waals surface area (Å²) < 4.78 is 1.78. The highest BCUT2D eigenvalue weighted by Gasteiger charge is 2.35. The van der Waals surface area contributed by atoms with E-state index in [4.69, 9.17) is 9.97 Å². The molecule has 3 heterocycles. The van der Waals surface area contributed by atoms with Gasteiger partial charge in [0.1, 0.15) is 11.6 Å². The van der Waals surface area contributed by atoms with E-state index in [1.54, 1.807) is 4.68 Å². The summed E-state index contributed by atoms with van der Waals surface area (Å²) >= 11 is 0. The Morgan fingerprint density at radius 3 is 2.48 bits per heavy atom. The maximum absolute atomic E-state index is 10.3. The number of hydrogen-bond donors (Lipinski definition) is 1. The van der Waals surface area contributed by atoms with Gasteiger partial charge in [0.15, 0.2) is 5.65 Å². The van der Waals surface area contributed by atoms with Gasteiger partial charge >= 0.3 is 0 Å². The number of aromatic nitrogens is 4. The molecule has 1 N–H and O–H groups in total. The Morgan fingerprint density at radius 2 is 1.91 bits per heavy atom. The number of hydrogen-bond acceptors (Lipinski definition) is 6. The van der Waals surface area contributed by atoms with Crippen LogP contribution in [-0.4, -0.2) is 69.1 Å². The van der Waals surface area contributed by atoms with Gasteiger partial charge in [0, 0.05) is 25.6 Å². The molecule has 0 radical (unpaired) electrons.